The molecule has 126 valence electrons. The summed E-state index contributed by atoms with van der Waals surface area (Å²) in [7, 11) is 0. The topological polar surface area (TPSA) is 55.1 Å². The van der Waals surface area contributed by atoms with Gasteiger partial charge in [-0.15, -0.1) is 0 Å². The standard InChI is InChI=1S/C20H30N2O/c1-5-7-8-14(6-2)19(23)12-18-17-11-16(21)10-9-15(17)13-20(3,4)22-18/h9-12,14,22H,5-8,13,21H2,1-4H3/b18-12-. The van der Waals surface area contributed by atoms with Gasteiger partial charge in [0, 0.05) is 34.5 Å². The summed E-state index contributed by atoms with van der Waals surface area (Å²) >= 11 is 0. The smallest absolute Gasteiger partial charge is 0.160 e. The van der Waals surface area contributed by atoms with Crippen LogP contribution in [-0.4, -0.2) is 11.3 Å². The molecular weight excluding hydrogens is 284 g/mol. The number of unbranched alkanes of at least 4 members (excludes halogenated alkanes) is 1. The molecule has 1 aromatic carbocycles. The zero-order valence-corrected chi connectivity index (χ0v) is 14.9. The Morgan fingerprint density at radius 3 is 2.78 bits per heavy atom. The summed E-state index contributed by atoms with van der Waals surface area (Å²) in [6.45, 7) is 8.60. The van der Waals surface area contributed by atoms with Gasteiger partial charge in [-0.05, 0) is 50.8 Å². The van der Waals surface area contributed by atoms with E-state index in [0.717, 1.165) is 49.1 Å². The van der Waals surface area contributed by atoms with Crippen LogP contribution in [0, 0.1) is 5.92 Å². The van der Waals surface area contributed by atoms with Crippen LogP contribution in [0.1, 0.15) is 64.5 Å². The largest absolute Gasteiger partial charge is 0.399 e. The van der Waals surface area contributed by atoms with Crippen molar-refractivity contribution in [3.63, 3.8) is 0 Å². The van der Waals surface area contributed by atoms with Gasteiger partial charge in [0.05, 0.1) is 0 Å². The van der Waals surface area contributed by atoms with E-state index in [-0.39, 0.29) is 17.2 Å². The first-order valence-corrected chi connectivity index (χ1v) is 8.78. The van der Waals surface area contributed by atoms with Crippen molar-refractivity contribution in [2.75, 3.05) is 5.73 Å². The third-order valence-electron chi connectivity index (χ3n) is 4.62. The van der Waals surface area contributed by atoms with Crippen LogP contribution in [0.25, 0.3) is 5.70 Å². The van der Waals surface area contributed by atoms with Crippen LogP contribution in [0.4, 0.5) is 5.69 Å². The summed E-state index contributed by atoms with van der Waals surface area (Å²) in [5, 5.41) is 3.53. The number of nitrogens with two attached hydrogens (primary N) is 1. The van der Waals surface area contributed by atoms with Crippen LogP contribution in [0.3, 0.4) is 0 Å². The van der Waals surface area contributed by atoms with Crippen LogP contribution in [0.2, 0.25) is 0 Å². The minimum atomic E-state index is -0.0552. The molecule has 0 amide bonds. The van der Waals surface area contributed by atoms with Gasteiger partial charge in [-0.3, -0.25) is 4.79 Å². The zero-order valence-electron chi connectivity index (χ0n) is 14.9. The Balaban J connectivity index is 2.33. The number of nitrogens with one attached hydrogen (secondary N) is 1. The second-order valence-corrected chi connectivity index (χ2v) is 7.31. The number of allylic oxidation sites excluding steroid dienone is 1. The van der Waals surface area contributed by atoms with Crippen molar-refractivity contribution in [2.24, 2.45) is 5.92 Å². The molecule has 3 N–H and O–H groups in total. The van der Waals surface area contributed by atoms with E-state index in [1.807, 2.05) is 18.2 Å². The van der Waals surface area contributed by atoms with Gasteiger partial charge in [0.15, 0.2) is 5.78 Å². The second kappa shape index (κ2) is 7.20. The second-order valence-electron chi connectivity index (χ2n) is 7.31. The monoisotopic (exact) mass is 314 g/mol. The van der Waals surface area contributed by atoms with Gasteiger partial charge in [0.25, 0.3) is 0 Å². The third-order valence-corrected chi connectivity index (χ3v) is 4.62. The maximum Gasteiger partial charge on any atom is 0.160 e. The van der Waals surface area contributed by atoms with Crippen LogP contribution in [0.15, 0.2) is 24.3 Å². The summed E-state index contributed by atoms with van der Waals surface area (Å²) in [6, 6.07) is 6.00. The lowest BCUT2D eigenvalue weighted by Crippen LogP contribution is -2.44. The van der Waals surface area contributed by atoms with E-state index < -0.39 is 0 Å². The molecule has 2 rings (SSSR count). The van der Waals surface area contributed by atoms with Crippen LogP contribution in [0.5, 0.6) is 0 Å². The molecule has 3 nitrogen and oxygen atoms in total. The molecule has 1 unspecified atom stereocenters. The maximum absolute atomic E-state index is 12.7. The SMILES string of the molecule is CCCCC(CC)C(=O)/C=C1\NC(C)(C)Cc2ccc(N)cc21. The predicted octanol–water partition coefficient (Wildman–Crippen LogP) is 4.32. The molecule has 1 heterocycles. The third kappa shape index (κ3) is 4.37. The Morgan fingerprint density at radius 1 is 1.39 bits per heavy atom. The molecule has 0 fully saturated rings. The summed E-state index contributed by atoms with van der Waals surface area (Å²) in [5.74, 6) is 0.355. The minimum absolute atomic E-state index is 0.0552. The fraction of sp³-hybridized carbons (Fsp3) is 0.550. The van der Waals surface area contributed by atoms with Crippen molar-refractivity contribution < 1.29 is 4.79 Å². The van der Waals surface area contributed by atoms with Gasteiger partial charge in [-0.2, -0.15) is 0 Å². The number of carbonyl (C=O) groups is 1. The lowest BCUT2D eigenvalue weighted by molar-refractivity contribution is -0.118. The number of rotatable bonds is 6. The highest BCUT2D eigenvalue weighted by Gasteiger charge is 2.28. The van der Waals surface area contributed by atoms with Gasteiger partial charge >= 0.3 is 0 Å². The summed E-state index contributed by atoms with van der Waals surface area (Å²) in [4.78, 5) is 12.7. The van der Waals surface area contributed by atoms with Crippen LogP contribution < -0.4 is 11.1 Å². The highest BCUT2D eigenvalue weighted by molar-refractivity contribution is 5.98. The van der Waals surface area contributed by atoms with Crippen molar-refractivity contribution in [3.8, 4) is 0 Å². The fourth-order valence-electron chi connectivity index (χ4n) is 3.32. The molecule has 0 spiro atoms. The lowest BCUT2D eigenvalue weighted by atomic mass is 9.84. The van der Waals surface area contributed by atoms with Gasteiger partial charge in [0.1, 0.15) is 0 Å². The van der Waals surface area contributed by atoms with Crippen molar-refractivity contribution >= 4 is 17.2 Å². The van der Waals surface area contributed by atoms with E-state index >= 15 is 0 Å². The molecule has 0 saturated carbocycles. The Kier molecular flexibility index (Phi) is 5.51. The van der Waals surface area contributed by atoms with Crippen LogP contribution >= 0.6 is 0 Å². The molecule has 0 radical (unpaired) electrons. The van der Waals surface area contributed by atoms with Crippen molar-refractivity contribution in [2.45, 2.75) is 65.3 Å². The molecular formula is C20H30N2O. The van der Waals surface area contributed by atoms with Gasteiger partial charge in [-0.25, -0.2) is 0 Å². The van der Waals surface area contributed by atoms with E-state index in [2.05, 4.69) is 39.1 Å². The molecule has 0 aliphatic carbocycles. The molecule has 0 bridgehead atoms. The Bertz CT molecular complexity index is 602. The molecule has 1 aliphatic heterocycles. The molecule has 3 heteroatoms. The molecule has 1 atom stereocenters. The van der Waals surface area contributed by atoms with E-state index in [9.17, 15) is 4.79 Å². The number of hydrogen-bond acceptors (Lipinski definition) is 3. The number of ketones is 1. The quantitative estimate of drug-likeness (QED) is 0.607. The van der Waals surface area contributed by atoms with Gasteiger partial charge in [0.2, 0.25) is 0 Å². The lowest BCUT2D eigenvalue weighted by Gasteiger charge is -2.36. The molecule has 23 heavy (non-hydrogen) atoms. The van der Waals surface area contributed by atoms with Crippen LogP contribution in [-0.2, 0) is 11.2 Å². The number of hydrogen-bond donors (Lipinski definition) is 2. The number of benzene rings is 1. The molecule has 1 aliphatic rings. The minimum Gasteiger partial charge on any atom is -0.399 e. The summed E-state index contributed by atoms with van der Waals surface area (Å²) < 4.78 is 0. The highest BCUT2D eigenvalue weighted by Crippen LogP contribution is 2.31. The highest BCUT2D eigenvalue weighted by atomic mass is 16.1. The van der Waals surface area contributed by atoms with E-state index in [1.54, 1.807) is 0 Å². The predicted molar refractivity (Wildman–Crippen MR) is 98.1 cm³/mol. The maximum atomic E-state index is 12.7. The van der Waals surface area contributed by atoms with Gasteiger partial charge in [-0.1, -0.05) is 32.8 Å². The van der Waals surface area contributed by atoms with Crippen molar-refractivity contribution in [1.82, 2.24) is 5.32 Å². The van der Waals surface area contributed by atoms with E-state index in [4.69, 9.17) is 5.73 Å². The Morgan fingerprint density at radius 2 is 2.13 bits per heavy atom. The molecule has 0 aromatic heterocycles. The number of fused-ring (bicyclic) bond motifs is 1. The molecule has 0 saturated heterocycles. The van der Waals surface area contributed by atoms with E-state index in [1.165, 1.54) is 5.56 Å². The molecule has 1 aromatic rings. The first kappa shape index (κ1) is 17.6. The first-order valence-electron chi connectivity index (χ1n) is 8.78. The zero-order chi connectivity index (χ0) is 17.0. The van der Waals surface area contributed by atoms with Gasteiger partial charge < -0.3 is 11.1 Å². The van der Waals surface area contributed by atoms with Crippen molar-refractivity contribution in [3.05, 3.63) is 35.4 Å². The Labute approximate surface area is 140 Å². The average molecular weight is 314 g/mol. The number of anilines is 1. The first-order chi connectivity index (χ1) is 10.9. The Hall–Kier alpha value is -1.77. The van der Waals surface area contributed by atoms with Crippen molar-refractivity contribution in [1.29, 1.82) is 0 Å². The number of nitrogen functional groups attached to an aromatic ring is 1. The number of carbonyl (C=O) groups excluding carboxylic acids is 1. The average Bonchev–Trinajstić information content (AvgIpc) is 2.48. The fourth-order valence-corrected chi connectivity index (χ4v) is 3.32. The summed E-state index contributed by atoms with van der Waals surface area (Å²) in [6.07, 6.45) is 6.85. The van der Waals surface area contributed by atoms with E-state index in [0.29, 0.717) is 0 Å². The summed E-state index contributed by atoms with van der Waals surface area (Å²) in [5.41, 5.74) is 9.88. The normalized spacial score (nSPS) is 19.0.